The summed E-state index contributed by atoms with van der Waals surface area (Å²) < 4.78 is 39.9. The molecule has 2 aromatic carbocycles. The third kappa shape index (κ3) is 4.75. The number of alkyl halides is 3. The number of phenolic OH excluding ortho intramolecular Hbond substituents is 1. The van der Waals surface area contributed by atoms with Gasteiger partial charge < -0.3 is 10.4 Å². The van der Waals surface area contributed by atoms with E-state index in [0.717, 1.165) is 37.1 Å². The van der Waals surface area contributed by atoms with Gasteiger partial charge in [0.05, 0.1) is 22.5 Å². The Hall–Kier alpha value is -3.00. The lowest BCUT2D eigenvalue weighted by molar-refractivity contribution is -0.137. The van der Waals surface area contributed by atoms with Crippen molar-refractivity contribution in [3.8, 4) is 5.75 Å². The molecule has 0 aliphatic rings. The van der Waals surface area contributed by atoms with E-state index >= 15 is 0 Å². The van der Waals surface area contributed by atoms with Crippen LogP contribution in [0.15, 0.2) is 36.4 Å². The van der Waals surface area contributed by atoms with Crippen LogP contribution in [0.3, 0.4) is 0 Å². The summed E-state index contributed by atoms with van der Waals surface area (Å²) in [6.07, 6.45) is -2.79. The van der Waals surface area contributed by atoms with Gasteiger partial charge in [-0.3, -0.25) is 14.2 Å². The van der Waals surface area contributed by atoms with E-state index < -0.39 is 17.6 Å². The maximum absolute atomic E-state index is 13.2. The second-order valence-electron chi connectivity index (χ2n) is 7.48. The minimum Gasteiger partial charge on any atom is -0.506 e. The van der Waals surface area contributed by atoms with Gasteiger partial charge in [-0.2, -0.15) is 13.2 Å². The summed E-state index contributed by atoms with van der Waals surface area (Å²) >= 11 is 6.05. The molecule has 170 valence electrons. The number of aromatic hydroxyl groups is 1. The van der Waals surface area contributed by atoms with E-state index in [0.29, 0.717) is 28.7 Å². The number of aromatic nitrogens is 1. The Morgan fingerprint density at radius 3 is 2.41 bits per heavy atom. The Kier molecular flexibility index (Phi) is 6.83. The highest BCUT2D eigenvalue weighted by molar-refractivity contribution is 6.33. The van der Waals surface area contributed by atoms with E-state index in [4.69, 9.17) is 11.6 Å². The number of fused-ring (bicyclic) bond motifs is 1. The Morgan fingerprint density at radius 2 is 1.81 bits per heavy atom. The standard InChI is InChI=1S/C23H22ClF3N2O3/c1-3-4-9-28-21(31)11-16-13(2)29(19-12-18(24)20(30)10-17(16)19)22(32)14-5-7-15(8-6-14)23(25,26)27/h5-8,10,12,30H,3-4,9,11H2,1-2H3,(H,28,31). The Morgan fingerprint density at radius 1 is 1.16 bits per heavy atom. The van der Waals surface area contributed by atoms with Crippen molar-refractivity contribution >= 4 is 34.3 Å². The molecule has 0 unspecified atom stereocenters. The van der Waals surface area contributed by atoms with Crippen molar-refractivity contribution in [3.63, 3.8) is 0 Å². The third-order valence-corrected chi connectivity index (χ3v) is 5.56. The number of benzene rings is 2. The molecule has 32 heavy (non-hydrogen) atoms. The SMILES string of the molecule is CCCCNC(=O)Cc1c(C)n(C(=O)c2ccc(C(F)(F)F)cc2)c2cc(Cl)c(O)cc12. The number of nitrogens with zero attached hydrogens (tertiary/aromatic N) is 1. The first kappa shape index (κ1) is 23.7. The molecule has 1 amide bonds. The molecule has 1 heterocycles. The average Bonchev–Trinajstić information content (AvgIpc) is 2.98. The molecule has 0 bridgehead atoms. The number of amides is 1. The number of carbonyl (C=O) groups is 2. The van der Waals surface area contributed by atoms with E-state index in [2.05, 4.69) is 5.32 Å². The van der Waals surface area contributed by atoms with E-state index in [1.165, 1.54) is 16.7 Å². The van der Waals surface area contributed by atoms with Gasteiger partial charge in [0.2, 0.25) is 5.91 Å². The van der Waals surface area contributed by atoms with Gasteiger partial charge >= 0.3 is 6.18 Å². The summed E-state index contributed by atoms with van der Waals surface area (Å²) in [7, 11) is 0. The maximum Gasteiger partial charge on any atom is 0.416 e. The molecule has 3 aromatic rings. The van der Waals surface area contributed by atoms with E-state index in [9.17, 15) is 27.9 Å². The molecule has 3 rings (SSSR count). The van der Waals surface area contributed by atoms with Crippen LogP contribution in [0, 0.1) is 6.92 Å². The van der Waals surface area contributed by atoms with Crippen LogP contribution in [0.2, 0.25) is 5.02 Å². The van der Waals surface area contributed by atoms with Crippen molar-refractivity contribution in [1.29, 1.82) is 0 Å². The van der Waals surface area contributed by atoms with Gasteiger partial charge in [0, 0.05) is 23.2 Å². The van der Waals surface area contributed by atoms with Gasteiger partial charge in [0.1, 0.15) is 5.75 Å². The van der Waals surface area contributed by atoms with Crippen LogP contribution in [-0.2, 0) is 17.4 Å². The molecule has 0 saturated carbocycles. The summed E-state index contributed by atoms with van der Waals surface area (Å²) in [4.78, 5) is 25.6. The highest BCUT2D eigenvalue weighted by Gasteiger charge is 2.30. The van der Waals surface area contributed by atoms with Crippen molar-refractivity contribution in [2.45, 2.75) is 39.3 Å². The zero-order chi connectivity index (χ0) is 23.6. The second kappa shape index (κ2) is 9.24. The van der Waals surface area contributed by atoms with Gasteiger partial charge in [-0.05, 0) is 55.3 Å². The first-order chi connectivity index (χ1) is 15.0. The molecule has 0 aliphatic carbocycles. The summed E-state index contributed by atoms with van der Waals surface area (Å²) in [5.41, 5.74) is 0.506. The number of nitrogens with one attached hydrogen (secondary N) is 1. The number of unbranched alkanes of at least 4 members (excludes halogenated alkanes) is 1. The smallest absolute Gasteiger partial charge is 0.416 e. The number of halogens is 4. The number of rotatable bonds is 6. The zero-order valence-electron chi connectivity index (χ0n) is 17.5. The lowest BCUT2D eigenvalue weighted by atomic mass is 10.1. The zero-order valence-corrected chi connectivity index (χ0v) is 18.3. The Bertz CT molecular complexity index is 1170. The molecule has 9 heteroatoms. The molecule has 0 aliphatic heterocycles. The van der Waals surface area contributed by atoms with Crippen LogP contribution in [0.25, 0.3) is 10.9 Å². The number of hydrogen-bond acceptors (Lipinski definition) is 3. The maximum atomic E-state index is 13.2. The fraction of sp³-hybridized carbons (Fsp3) is 0.304. The minimum absolute atomic E-state index is 0.00965. The van der Waals surface area contributed by atoms with Crippen molar-refractivity contribution in [2.24, 2.45) is 0 Å². The fourth-order valence-corrected chi connectivity index (χ4v) is 3.69. The molecule has 2 N–H and O–H groups in total. The van der Waals surface area contributed by atoms with Gasteiger partial charge in [0.15, 0.2) is 0 Å². The molecule has 5 nitrogen and oxygen atoms in total. The predicted molar refractivity (Wildman–Crippen MR) is 116 cm³/mol. The van der Waals surface area contributed by atoms with Gasteiger partial charge in [-0.15, -0.1) is 0 Å². The molecular weight excluding hydrogens is 445 g/mol. The van der Waals surface area contributed by atoms with Gasteiger partial charge in [-0.1, -0.05) is 24.9 Å². The van der Waals surface area contributed by atoms with Crippen LogP contribution >= 0.6 is 11.6 Å². The molecular formula is C23H22ClF3N2O3. The molecule has 0 fully saturated rings. The third-order valence-electron chi connectivity index (χ3n) is 5.26. The van der Waals surface area contributed by atoms with E-state index in [-0.39, 0.29) is 28.7 Å². The summed E-state index contributed by atoms with van der Waals surface area (Å²) in [5, 5.41) is 13.4. The van der Waals surface area contributed by atoms with Crippen molar-refractivity contribution in [2.75, 3.05) is 6.54 Å². The summed E-state index contributed by atoms with van der Waals surface area (Å²) in [6, 6.07) is 6.69. The predicted octanol–water partition coefficient (Wildman–Crippen LogP) is 5.47. The molecule has 0 saturated heterocycles. The van der Waals surface area contributed by atoms with E-state index in [1.54, 1.807) is 6.92 Å². The first-order valence-electron chi connectivity index (χ1n) is 10.1. The van der Waals surface area contributed by atoms with Crippen LogP contribution in [-0.4, -0.2) is 28.0 Å². The first-order valence-corrected chi connectivity index (χ1v) is 10.4. The second-order valence-corrected chi connectivity index (χ2v) is 7.89. The van der Waals surface area contributed by atoms with Crippen LogP contribution in [0.4, 0.5) is 13.2 Å². The fourth-order valence-electron chi connectivity index (χ4n) is 3.53. The van der Waals surface area contributed by atoms with Crippen LogP contribution in [0.1, 0.15) is 46.9 Å². The van der Waals surface area contributed by atoms with E-state index in [1.807, 2.05) is 6.92 Å². The van der Waals surface area contributed by atoms with Crippen LogP contribution < -0.4 is 5.32 Å². The number of hydrogen-bond donors (Lipinski definition) is 2. The molecule has 0 spiro atoms. The Labute approximate surface area is 187 Å². The number of phenols is 1. The van der Waals surface area contributed by atoms with Crippen LogP contribution in [0.5, 0.6) is 5.75 Å². The summed E-state index contributed by atoms with van der Waals surface area (Å²) in [5.74, 6) is -1.01. The van der Waals surface area contributed by atoms with Gasteiger partial charge in [0.25, 0.3) is 5.91 Å². The topological polar surface area (TPSA) is 71.3 Å². The largest absolute Gasteiger partial charge is 0.506 e. The Balaban J connectivity index is 2.06. The van der Waals surface area contributed by atoms with Crippen molar-refractivity contribution in [1.82, 2.24) is 9.88 Å². The van der Waals surface area contributed by atoms with Crippen molar-refractivity contribution in [3.05, 3.63) is 63.8 Å². The minimum atomic E-state index is -4.51. The highest BCUT2D eigenvalue weighted by atomic mass is 35.5. The molecule has 1 aromatic heterocycles. The lowest BCUT2D eigenvalue weighted by Gasteiger charge is -2.10. The van der Waals surface area contributed by atoms with Crippen molar-refractivity contribution < 1.29 is 27.9 Å². The monoisotopic (exact) mass is 466 g/mol. The molecule has 0 radical (unpaired) electrons. The van der Waals surface area contributed by atoms with Gasteiger partial charge in [-0.25, -0.2) is 0 Å². The number of carbonyl (C=O) groups excluding carboxylic acids is 2. The molecule has 0 atom stereocenters. The quantitative estimate of drug-likeness (QED) is 0.473. The normalized spacial score (nSPS) is 11.7. The average molecular weight is 467 g/mol. The lowest BCUT2D eigenvalue weighted by Crippen LogP contribution is -2.26. The summed E-state index contributed by atoms with van der Waals surface area (Å²) in [6.45, 7) is 4.17. The highest BCUT2D eigenvalue weighted by Crippen LogP contribution is 2.35.